The molecular formula is C26H36N2O2. The molecule has 3 rings (SSSR count). The molecule has 0 bridgehead atoms. The molecule has 0 radical (unpaired) electrons. The molecule has 0 saturated carbocycles. The fraction of sp³-hybridized carbons (Fsp3) is 0.500. The van der Waals surface area contributed by atoms with E-state index in [1.165, 1.54) is 37.1 Å². The van der Waals surface area contributed by atoms with E-state index >= 15 is 0 Å². The number of likely N-dealkylation sites (tertiary alicyclic amines) is 1. The lowest BCUT2D eigenvalue weighted by molar-refractivity contribution is 0.0953. The summed E-state index contributed by atoms with van der Waals surface area (Å²) in [5.74, 6) is 1.70. The maximum Gasteiger partial charge on any atom is 0.251 e. The van der Waals surface area contributed by atoms with Gasteiger partial charge in [0.05, 0.1) is 6.10 Å². The van der Waals surface area contributed by atoms with Gasteiger partial charge in [0, 0.05) is 25.2 Å². The largest absolute Gasteiger partial charge is 0.491 e. The minimum atomic E-state index is 0.00817. The molecule has 0 aromatic heterocycles. The topological polar surface area (TPSA) is 41.6 Å². The van der Waals surface area contributed by atoms with Crippen molar-refractivity contribution >= 4 is 5.91 Å². The van der Waals surface area contributed by atoms with Crippen LogP contribution in [0.25, 0.3) is 0 Å². The highest BCUT2D eigenvalue weighted by Crippen LogP contribution is 2.18. The van der Waals surface area contributed by atoms with Gasteiger partial charge in [-0.15, -0.1) is 0 Å². The maximum absolute atomic E-state index is 12.4. The van der Waals surface area contributed by atoms with Gasteiger partial charge < -0.3 is 10.1 Å². The van der Waals surface area contributed by atoms with Gasteiger partial charge in [0.15, 0.2) is 0 Å². The van der Waals surface area contributed by atoms with Crippen LogP contribution in [0.1, 0.15) is 61.5 Å². The minimum Gasteiger partial charge on any atom is -0.491 e. The summed E-state index contributed by atoms with van der Waals surface area (Å²) in [6.45, 7) is 10.4. The second-order valence-corrected chi connectivity index (χ2v) is 8.85. The van der Waals surface area contributed by atoms with E-state index in [0.717, 1.165) is 36.6 Å². The van der Waals surface area contributed by atoms with Gasteiger partial charge in [-0.1, -0.05) is 31.2 Å². The quantitative estimate of drug-likeness (QED) is 0.589. The third-order valence-corrected chi connectivity index (χ3v) is 5.59. The number of rotatable bonds is 9. The number of amides is 1. The number of carbonyl (C=O) groups excluding carboxylic acids is 1. The van der Waals surface area contributed by atoms with Gasteiger partial charge in [0.25, 0.3) is 5.91 Å². The van der Waals surface area contributed by atoms with Crippen LogP contribution in [-0.4, -0.2) is 36.5 Å². The molecule has 1 aliphatic rings. The van der Waals surface area contributed by atoms with Crippen molar-refractivity contribution in [2.45, 2.75) is 59.1 Å². The Kier molecular flexibility index (Phi) is 8.32. The fourth-order valence-corrected chi connectivity index (χ4v) is 4.05. The molecule has 0 unspecified atom stereocenters. The second kappa shape index (κ2) is 11.2. The molecule has 30 heavy (non-hydrogen) atoms. The standard InChI is InChI=1S/C26H36N2O2/c1-20(2)30-25-14-10-22(11-15-25)7-4-16-27-26(29)24-12-8-23(9-13-24)19-28-17-5-6-21(3)18-28/h8-15,20-21H,4-7,16-19H2,1-3H3,(H,27,29)/t21-/m0/s1. The molecule has 4 heteroatoms. The van der Waals surface area contributed by atoms with E-state index in [1.54, 1.807) is 0 Å². The molecule has 1 amide bonds. The Morgan fingerprint density at radius 1 is 1.10 bits per heavy atom. The Morgan fingerprint density at radius 3 is 2.47 bits per heavy atom. The lowest BCUT2D eigenvalue weighted by Gasteiger charge is -2.30. The van der Waals surface area contributed by atoms with Crippen LogP contribution in [0, 0.1) is 5.92 Å². The highest BCUT2D eigenvalue weighted by atomic mass is 16.5. The third kappa shape index (κ3) is 7.17. The fourth-order valence-electron chi connectivity index (χ4n) is 4.05. The van der Waals surface area contributed by atoms with Gasteiger partial charge in [0.1, 0.15) is 5.75 Å². The number of ether oxygens (including phenoxy) is 1. The molecule has 0 aliphatic carbocycles. The summed E-state index contributed by atoms with van der Waals surface area (Å²) >= 11 is 0. The molecule has 1 fully saturated rings. The van der Waals surface area contributed by atoms with Gasteiger partial charge in [0.2, 0.25) is 0 Å². The highest BCUT2D eigenvalue weighted by Gasteiger charge is 2.16. The van der Waals surface area contributed by atoms with Crippen LogP contribution >= 0.6 is 0 Å². The number of hydrogen-bond acceptors (Lipinski definition) is 3. The third-order valence-electron chi connectivity index (χ3n) is 5.59. The number of piperidine rings is 1. The molecule has 1 N–H and O–H groups in total. The molecule has 1 aliphatic heterocycles. The summed E-state index contributed by atoms with van der Waals surface area (Å²) < 4.78 is 5.67. The Balaban J connectivity index is 1.38. The van der Waals surface area contributed by atoms with Gasteiger partial charge in [-0.05, 0) is 87.4 Å². The number of hydrogen-bond donors (Lipinski definition) is 1. The number of nitrogens with one attached hydrogen (secondary N) is 1. The zero-order valence-corrected chi connectivity index (χ0v) is 18.7. The SMILES string of the molecule is CC(C)Oc1ccc(CCCNC(=O)c2ccc(CN3CCC[C@H](C)C3)cc2)cc1. The summed E-state index contributed by atoms with van der Waals surface area (Å²) in [5.41, 5.74) is 3.28. The Labute approximate surface area is 181 Å². The monoisotopic (exact) mass is 408 g/mol. The van der Waals surface area contributed by atoms with E-state index in [1.807, 2.05) is 38.1 Å². The molecule has 4 nitrogen and oxygen atoms in total. The molecule has 1 saturated heterocycles. The predicted molar refractivity (Wildman–Crippen MR) is 123 cm³/mol. The maximum atomic E-state index is 12.4. The lowest BCUT2D eigenvalue weighted by Crippen LogP contribution is -2.33. The first-order chi connectivity index (χ1) is 14.5. The van der Waals surface area contributed by atoms with Gasteiger partial charge in [-0.2, -0.15) is 0 Å². The molecule has 1 atom stereocenters. The predicted octanol–water partition coefficient (Wildman–Crippen LogP) is 5.07. The van der Waals surface area contributed by atoms with E-state index < -0.39 is 0 Å². The normalized spacial score (nSPS) is 17.1. The van der Waals surface area contributed by atoms with Crippen LogP contribution < -0.4 is 10.1 Å². The smallest absolute Gasteiger partial charge is 0.251 e. The highest BCUT2D eigenvalue weighted by molar-refractivity contribution is 5.94. The van der Waals surface area contributed by atoms with Crippen molar-refractivity contribution in [3.63, 3.8) is 0 Å². The van der Waals surface area contributed by atoms with Crippen LogP contribution in [-0.2, 0) is 13.0 Å². The van der Waals surface area contributed by atoms with Crippen LogP contribution in [0.3, 0.4) is 0 Å². The summed E-state index contributed by atoms with van der Waals surface area (Å²) in [6.07, 6.45) is 4.68. The van der Waals surface area contributed by atoms with E-state index in [2.05, 4.69) is 41.4 Å². The Hall–Kier alpha value is -2.33. The van der Waals surface area contributed by atoms with Gasteiger partial charge in [-0.25, -0.2) is 0 Å². The number of carbonyl (C=O) groups is 1. The van der Waals surface area contributed by atoms with Crippen molar-refractivity contribution in [1.29, 1.82) is 0 Å². The van der Waals surface area contributed by atoms with E-state index in [0.29, 0.717) is 6.54 Å². The van der Waals surface area contributed by atoms with Crippen molar-refractivity contribution in [3.05, 3.63) is 65.2 Å². The van der Waals surface area contributed by atoms with Crippen molar-refractivity contribution in [1.82, 2.24) is 10.2 Å². The van der Waals surface area contributed by atoms with Gasteiger partial charge >= 0.3 is 0 Å². The Morgan fingerprint density at radius 2 is 1.80 bits per heavy atom. The average molecular weight is 409 g/mol. The lowest BCUT2D eigenvalue weighted by atomic mass is 9.99. The van der Waals surface area contributed by atoms with Crippen LogP contribution in [0.5, 0.6) is 5.75 Å². The van der Waals surface area contributed by atoms with Crippen molar-refractivity contribution in [2.24, 2.45) is 5.92 Å². The summed E-state index contributed by atoms with van der Waals surface area (Å²) in [7, 11) is 0. The minimum absolute atomic E-state index is 0.00817. The molecule has 2 aromatic carbocycles. The van der Waals surface area contributed by atoms with Crippen LogP contribution in [0.2, 0.25) is 0 Å². The first-order valence-electron chi connectivity index (χ1n) is 11.3. The summed E-state index contributed by atoms with van der Waals surface area (Å²) in [6, 6.07) is 16.3. The zero-order valence-electron chi connectivity index (χ0n) is 18.7. The molecule has 1 heterocycles. The van der Waals surface area contributed by atoms with Crippen molar-refractivity contribution in [3.8, 4) is 5.75 Å². The Bertz CT molecular complexity index is 784. The van der Waals surface area contributed by atoms with Crippen LogP contribution in [0.4, 0.5) is 0 Å². The van der Waals surface area contributed by atoms with E-state index in [4.69, 9.17) is 4.74 Å². The summed E-state index contributed by atoms with van der Waals surface area (Å²) in [5, 5.41) is 3.04. The average Bonchev–Trinajstić information content (AvgIpc) is 2.72. The second-order valence-electron chi connectivity index (χ2n) is 8.85. The van der Waals surface area contributed by atoms with Crippen LogP contribution in [0.15, 0.2) is 48.5 Å². The molecule has 162 valence electrons. The number of benzene rings is 2. The zero-order chi connectivity index (χ0) is 21.3. The van der Waals surface area contributed by atoms with E-state index in [-0.39, 0.29) is 12.0 Å². The molecular weight excluding hydrogens is 372 g/mol. The molecule has 0 spiro atoms. The van der Waals surface area contributed by atoms with Crippen molar-refractivity contribution in [2.75, 3.05) is 19.6 Å². The molecule has 2 aromatic rings. The first-order valence-corrected chi connectivity index (χ1v) is 11.3. The van der Waals surface area contributed by atoms with Gasteiger partial charge in [-0.3, -0.25) is 9.69 Å². The number of nitrogens with zero attached hydrogens (tertiary/aromatic N) is 1. The first kappa shape index (κ1) is 22.4. The van der Waals surface area contributed by atoms with Crippen molar-refractivity contribution < 1.29 is 9.53 Å². The number of aryl methyl sites for hydroxylation is 1. The summed E-state index contributed by atoms with van der Waals surface area (Å²) in [4.78, 5) is 14.9. The van der Waals surface area contributed by atoms with E-state index in [9.17, 15) is 4.79 Å².